The molecule has 2 nitrogen and oxygen atoms in total. The lowest BCUT2D eigenvalue weighted by atomic mass is 9.87. The fourth-order valence-corrected chi connectivity index (χ4v) is 3.29. The first-order chi connectivity index (χ1) is 7.66. The van der Waals surface area contributed by atoms with Crippen LogP contribution in [0.2, 0.25) is 0 Å². The van der Waals surface area contributed by atoms with Crippen LogP contribution in [0.15, 0.2) is 0 Å². The first kappa shape index (κ1) is 12.4. The van der Waals surface area contributed by atoms with Crippen LogP contribution in [0.25, 0.3) is 0 Å². The van der Waals surface area contributed by atoms with Gasteiger partial charge in [-0.3, -0.25) is 0 Å². The van der Waals surface area contributed by atoms with E-state index in [2.05, 4.69) is 24.1 Å². The van der Waals surface area contributed by atoms with Gasteiger partial charge < -0.3 is 10.2 Å². The van der Waals surface area contributed by atoms with Crippen LogP contribution >= 0.6 is 0 Å². The molecule has 0 spiro atoms. The van der Waals surface area contributed by atoms with Gasteiger partial charge in [0.15, 0.2) is 0 Å². The molecule has 2 rings (SSSR count). The van der Waals surface area contributed by atoms with E-state index in [1.807, 2.05) is 0 Å². The van der Waals surface area contributed by atoms with Crippen LogP contribution < -0.4 is 5.32 Å². The van der Waals surface area contributed by atoms with E-state index < -0.39 is 0 Å². The lowest BCUT2D eigenvalue weighted by Gasteiger charge is -2.33. The smallest absolute Gasteiger partial charge is 0.00328 e. The quantitative estimate of drug-likeness (QED) is 0.775. The molecule has 2 saturated heterocycles. The van der Waals surface area contributed by atoms with Crippen LogP contribution in [0.3, 0.4) is 0 Å². The molecular formula is C14H28N2. The van der Waals surface area contributed by atoms with Crippen LogP contribution in [-0.4, -0.2) is 37.6 Å². The normalized spacial score (nSPS) is 28.9. The Morgan fingerprint density at radius 3 is 2.69 bits per heavy atom. The molecule has 0 aliphatic carbocycles. The van der Waals surface area contributed by atoms with Gasteiger partial charge in [0, 0.05) is 13.1 Å². The topological polar surface area (TPSA) is 15.3 Å². The Bertz CT molecular complexity index is 207. The number of hydrogen-bond acceptors (Lipinski definition) is 2. The Balaban J connectivity index is 1.82. The Morgan fingerprint density at radius 1 is 1.19 bits per heavy atom. The summed E-state index contributed by atoms with van der Waals surface area (Å²) in [6, 6.07) is 0. The van der Waals surface area contributed by atoms with E-state index in [9.17, 15) is 0 Å². The standard InChI is InChI=1S/C14H28N2/c1-14(2)7-3-4-10-16(12-14)11-13-5-8-15-9-6-13/h13,15H,3-12H2,1-2H3. The van der Waals surface area contributed by atoms with Gasteiger partial charge >= 0.3 is 0 Å². The summed E-state index contributed by atoms with van der Waals surface area (Å²) in [6.07, 6.45) is 7.02. The van der Waals surface area contributed by atoms with Gasteiger partial charge in [-0.2, -0.15) is 0 Å². The van der Waals surface area contributed by atoms with E-state index in [0.717, 1.165) is 5.92 Å². The Labute approximate surface area is 101 Å². The molecule has 0 unspecified atom stereocenters. The molecule has 0 bridgehead atoms. The van der Waals surface area contributed by atoms with Gasteiger partial charge in [-0.05, 0) is 56.7 Å². The van der Waals surface area contributed by atoms with Crippen molar-refractivity contribution in [3.05, 3.63) is 0 Å². The molecule has 2 fully saturated rings. The van der Waals surface area contributed by atoms with Gasteiger partial charge in [0.25, 0.3) is 0 Å². The fourth-order valence-electron chi connectivity index (χ4n) is 3.29. The second kappa shape index (κ2) is 5.50. The molecule has 2 heteroatoms. The second-order valence-electron chi connectivity index (χ2n) is 6.55. The molecule has 0 aromatic rings. The monoisotopic (exact) mass is 224 g/mol. The van der Waals surface area contributed by atoms with Crippen molar-refractivity contribution in [2.75, 3.05) is 32.7 Å². The van der Waals surface area contributed by atoms with Gasteiger partial charge in [-0.15, -0.1) is 0 Å². The van der Waals surface area contributed by atoms with E-state index in [4.69, 9.17) is 0 Å². The average Bonchev–Trinajstić information content (AvgIpc) is 2.40. The minimum atomic E-state index is 0.545. The van der Waals surface area contributed by atoms with E-state index in [0.29, 0.717) is 5.41 Å². The Hall–Kier alpha value is -0.0800. The number of hydrogen-bond donors (Lipinski definition) is 1. The number of nitrogens with zero attached hydrogens (tertiary/aromatic N) is 1. The van der Waals surface area contributed by atoms with Crippen molar-refractivity contribution < 1.29 is 0 Å². The Morgan fingerprint density at radius 2 is 1.94 bits per heavy atom. The zero-order chi connectivity index (χ0) is 11.4. The van der Waals surface area contributed by atoms with Crippen LogP contribution in [0.4, 0.5) is 0 Å². The maximum absolute atomic E-state index is 3.46. The highest BCUT2D eigenvalue weighted by molar-refractivity contribution is 4.80. The first-order valence-corrected chi connectivity index (χ1v) is 7.09. The third-order valence-electron chi connectivity index (χ3n) is 4.20. The molecule has 2 heterocycles. The van der Waals surface area contributed by atoms with Gasteiger partial charge in [-0.1, -0.05) is 20.3 Å². The maximum atomic E-state index is 3.46. The SMILES string of the molecule is CC1(C)CCCCN(CC2CCNCC2)C1. The minimum absolute atomic E-state index is 0.545. The number of nitrogens with one attached hydrogen (secondary N) is 1. The van der Waals surface area contributed by atoms with Crippen LogP contribution in [-0.2, 0) is 0 Å². The molecular weight excluding hydrogens is 196 g/mol. The highest BCUT2D eigenvalue weighted by Crippen LogP contribution is 2.28. The average molecular weight is 224 g/mol. The van der Waals surface area contributed by atoms with Gasteiger partial charge in [0.2, 0.25) is 0 Å². The summed E-state index contributed by atoms with van der Waals surface area (Å²) in [6.45, 7) is 11.4. The van der Waals surface area contributed by atoms with Gasteiger partial charge in [0.1, 0.15) is 0 Å². The molecule has 0 aromatic heterocycles. The highest BCUT2D eigenvalue weighted by Gasteiger charge is 2.26. The number of rotatable bonds is 2. The zero-order valence-electron chi connectivity index (χ0n) is 11.1. The highest BCUT2D eigenvalue weighted by atomic mass is 15.1. The largest absolute Gasteiger partial charge is 0.317 e. The third kappa shape index (κ3) is 3.74. The molecule has 16 heavy (non-hydrogen) atoms. The first-order valence-electron chi connectivity index (χ1n) is 7.09. The minimum Gasteiger partial charge on any atom is -0.317 e. The third-order valence-corrected chi connectivity index (χ3v) is 4.20. The van der Waals surface area contributed by atoms with Crippen molar-refractivity contribution in [3.8, 4) is 0 Å². The Kier molecular flexibility index (Phi) is 4.26. The molecule has 2 aliphatic heterocycles. The van der Waals surface area contributed by atoms with Crippen molar-refractivity contribution >= 4 is 0 Å². The molecule has 0 saturated carbocycles. The van der Waals surface area contributed by atoms with Crippen LogP contribution in [0.1, 0.15) is 46.0 Å². The summed E-state index contributed by atoms with van der Waals surface area (Å²) in [7, 11) is 0. The van der Waals surface area contributed by atoms with Gasteiger partial charge in [0.05, 0.1) is 0 Å². The van der Waals surface area contributed by atoms with Crippen molar-refractivity contribution in [1.29, 1.82) is 0 Å². The summed E-state index contributed by atoms with van der Waals surface area (Å²) in [4.78, 5) is 2.74. The summed E-state index contributed by atoms with van der Waals surface area (Å²) in [5.41, 5.74) is 0.545. The van der Waals surface area contributed by atoms with Crippen LogP contribution in [0.5, 0.6) is 0 Å². The summed E-state index contributed by atoms with van der Waals surface area (Å²) in [5, 5.41) is 3.46. The lowest BCUT2D eigenvalue weighted by molar-refractivity contribution is 0.158. The van der Waals surface area contributed by atoms with Gasteiger partial charge in [-0.25, -0.2) is 0 Å². The molecule has 2 aliphatic rings. The lowest BCUT2D eigenvalue weighted by Crippen LogP contribution is -2.39. The van der Waals surface area contributed by atoms with Crippen LogP contribution in [0, 0.1) is 11.3 Å². The predicted molar refractivity (Wildman–Crippen MR) is 69.7 cm³/mol. The predicted octanol–water partition coefficient (Wildman–Crippen LogP) is 2.50. The maximum Gasteiger partial charge on any atom is 0.00328 e. The fraction of sp³-hybridized carbons (Fsp3) is 1.00. The summed E-state index contributed by atoms with van der Waals surface area (Å²) >= 11 is 0. The molecule has 0 aromatic carbocycles. The van der Waals surface area contributed by atoms with E-state index in [1.54, 1.807) is 0 Å². The van der Waals surface area contributed by atoms with E-state index in [1.165, 1.54) is 64.8 Å². The van der Waals surface area contributed by atoms with Crippen molar-refractivity contribution in [1.82, 2.24) is 10.2 Å². The van der Waals surface area contributed by atoms with E-state index in [-0.39, 0.29) is 0 Å². The summed E-state index contributed by atoms with van der Waals surface area (Å²) < 4.78 is 0. The molecule has 0 atom stereocenters. The molecule has 94 valence electrons. The second-order valence-corrected chi connectivity index (χ2v) is 6.55. The molecule has 0 amide bonds. The van der Waals surface area contributed by atoms with E-state index >= 15 is 0 Å². The molecule has 1 N–H and O–H groups in total. The molecule has 0 radical (unpaired) electrons. The van der Waals surface area contributed by atoms with Crippen molar-refractivity contribution in [2.45, 2.75) is 46.0 Å². The summed E-state index contributed by atoms with van der Waals surface area (Å²) in [5.74, 6) is 0.954. The van der Waals surface area contributed by atoms with Crippen molar-refractivity contribution in [2.24, 2.45) is 11.3 Å². The zero-order valence-corrected chi connectivity index (χ0v) is 11.1. The number of likely N-dealkylation sites (tertiary alicyclic amines) is 1. The van der Waals surface area contributed by atoms with Crippen molar-refractivity contribution in [3.63, 3.8) is 0 Å². The number of piperidine rings is 1.